The Morgan fingerprint density at radius 2 is 2.39 bits per heavy atom. The summed E-state index contributed by atoms with van der Waals surface area (Å²) in [6.45, 7) is 5.54. The molecular formula is C13H19N3O2. The number of nitrogens with zero attached hydrogens (tertiary/aromatic N) is 2. The van der Waals surface area contributed by atoms with Gasteiger partial charge in [-0.15, -0.1) is 0 Å². The van der Waals surface area contributed by atoms with E-state index in [2.05, 4.69) is 10.3 Å². The van der Waals surface area contributed by atoms with Crippen LogP contribution >= 0.6 is 0 Å². The van der Waals surface area contributed by atoms with Crippen LogP contribution < -0.4 is 5.32 Å². The van der Waals surface area contributed by atoms with E-state index in [-0.39, 0.29) is 5.91 Å². The highest BCUT2D eigenvalue weighted by Crippen LogP contribution is 2.16. The lowest BCUT2D eigenvalue weighted by atomic mass is 10.2. The predicted octanol–water partition coefficient (Wildman–Crippen LogP) is 1.38. The Morgan fingerprint density at radius 1 is 1.50 bits per heavy atom. The van der Waals surface area contributed by atoms with E-state index in [9.17, 15) is 4.79 Å². The summed E-state index contributed by atoms with van der Waals surface area (Å²) in [6.07, 6.45) is 4.22. The summed E-state index contributed by atoms with van der Waals surface area (Å²) in [7, 11) is 0. The number of hydrogen-bond acceptors (Lipinski definition) is 4. The topological polar surface area (TPSA) is 54.5 Å². The van der Waals surface area contributed by atoms with Gasteiger partial charge in [-0.05, 0) is 19.4 Å². The van der Waals surface area contributed by atoms with Crippen LogP contribution in [0.15, 0.2) is 18.5 Å². The first kappa shape index (κ1) is 12.8. The Morgan fingerprint density at radius 3 is 3.22 bits per heavy atom. The predicted molar refractivity (Wildman–Crippen MR) is 69.7 cm³/mol. The van der Waals surface area contributed by atoms with E-state index < -0.39 is 0 Å². The van der Waals surface area contributed by atoms with Crippen molar-refractivity contribution >= 4 is 11.6 Å². The number of nitrogens with one attached hydrogen (secondary N) is 1. The van der Waals surface area contributed by atoms with Gasteiger partial charge >= 0.3 is 0 Å². The maximum Gasteiger partial charge on any atom is 0.257 e. The Bertz CT molecular complexity index is 401. The van der Waals surface area contributed by atoms with Crippen molar-refractivity contribution in [3.8, 4) is 0 Å². The highest BCUT2D eigenvalue weighted by atomic mass is 16.5. The van der Waals surface area contributed by atoms with Crippen LogP contribution in [0.25, 0.3) is 0 Å². The second kappa shape index (κ2) is 6.35. The fourth-order valence-corrected chi connectivity index (χ4v) is 2.03. The largest absolute Gasteiger partial charge is 0.385 e. The summed E-state index contributed by atoms with van der Waals surface area (Å²) in [6, 6.07) is 1.84. The zero-order valence-electron chi connectivity index (χ0n) is 10.7. The third-order valence-corrected chi connectivity index (χ3v) is 2.93. The Hall–Kier alpha value is -1.62. The second-order valence-corrected chi connectivity index (χ2v) is 4.21. The SMILES string of the molecule is CCNc1ccncc1C(=O)N1CCCOCC1. The minimum absolute atomic E-state index is 0.0320. The van der Waals surface area contributed by atoms with E-state index in [1.165, 1.54) is 0 Å². The highest BCUT2D eigenvalue weighted by Gasteiger charge is 2.20. The van der Waals surface area contributed by atoms with Crippen molar-refractivity contribution in [3.63, 3.8) is 0 Å². The van der Waals surface area contributed by atoms with Gasteiger partial charge in [0.2, 0.25) is 0 Å². The molecule has 2 heterocycles. The van der Waals surface area contributed by atoms with Crippen molar-refractivity contribution in [2.24, 2.45) is 0 Å². The van der Waals surface area contributed by atoms with Crippen LogP contribution in [0.5, 0.6) is 0 Å². The minimum atomic E-state index is 0.0320. The fourth-order valence-electron chi connectivity index (χ4n) is 2.03. The molecule has 0 aliphatic carbocycles. The molecule has 1 fully saturated rings. The molecule has 1 aromatic rings. The van der Waals surface area contributed by atoms with Gasteiger partial charge < -0.3 is 15.0 Å². The van der Waals surface area contributed by atoms with Gasteiger partial charge in [0, 0.05) is 38.6 Å². The van der Waals surface area contributed by atoms with Crippen LogP contribution in [0.4, 0.5) is 5.69 Å². The molecule has 0 unspecified atom stereocenters. The molecule has 0 spiro atoms. The number of hydrogen-bond donors (Lipinski definition) is 1. The monoisotopic (exact) mass is 249 g/mol. The van der Waals surface area contributed by atoms with Gasteiger partial charge in [0.15, 0.2) is 0 Å². The van der Waals surface area contributed by atoms with Crippen molar-refractivity contribution in [2.75, 3.05) is 38.2 Å². The van der Waals surface area contributed by atoms with Crippen LogP contribution in [0, 0.1) is 0 Å². The molecule has 18 heavy (non-hydrogen) atoms. The van der Waals surface area contributed by atoms with Gasteiger partial charge in [0.05, 0.1) is 17.9 Å². The number of anilines is 1. The standard InChI is InChI=1S/C13H19N3O2/c1-2-15-12-4-5-14-10-11(12)13(17)16-6-3-8-18-9-7-16/h4-5,10H,2-3,6-9H2,1H3,(H,14,15). The van der Waals surface area contributed by atoms with E-state index >= 15 is 0 Å². The van der Waals surface area contributed by atoms with Crippen LogP contribution in [0.3, 0.4) is 0 Å². The highest BCUT2D eigenvalue weighted by molar-refractivity contribution is 5.99. The number of carbonyl (C=O) groups is 1. The molecule has 1 aliphatic rings. The molecule has 1 N–H and O–H groups in total. The number of pyridine rings is 1. The third kappa shape index (κ3) is 2.98. The van der Waals surface area contributed by atoms with Crippen LogP contribution in [-0.4, -0.2) is 48.6 Å². The molecule has 0 saturated carbocycles. The maximum absolute atomic E-state index is 12.4. The van der Waals surface area contributed by atoms with Crippen molar-refractivity contribution in [2.45, 2.75) is 13.3 Å². The fraction of sp³-hybridized carbons (Fsp3) is 0.538. The average molecular weight is 249 g/mol. The van der Waals surface area contributed by atoms with Crippen molar-refractivity contribution in [1.82, 2.24) is 9.88 Å². The lowest BCUT2D eigenvalue weighted by Gasteiger charge is -2.21. The molecule has 5 heteroatoms. The van der Waals surface area contributed by atoms with E-state index in [4.69, 9.17) is 4.74 Å². The molecule has 0 bridgehead atoms. The summed E-state index contributed by atoms with van der Waals surface area (Å²) in [4.78, 5) is 18.3. The van der Waals surface area contributed by atoms with E-state index in [1.807, 2.05) is 17.9 Å². The van der Waals surface area contributed by atoms with Crippen LogP contribution in [-0.2, 0) is 4.74 Å². The number of aromatic nitrogens is 1. The number of amides is 1. The third-order valence-electron chi connectivity index (χ3n) is 2.93. The van der Waals surface area contributed by atoms with E-state index in [0.29, 0.717) is 18.7 Å². The summed E-state index contributed by atoms with van der Waals surface area (Å²) in [5, 5.41) is 3.19. The first-order chi connectivity index (χ1) is 8.83. The first-order valence-electron chi connectivity index (χ1n) is 6.38. The van der Waals surface area contributed by atoms with Gasteiger partial charge in [-0.3, -0.25) is 9.78 Å². The number of carbonyl (C=O) groups excluding carboxylic acids is 1. The molecule has 0 atom stereocenters. The number of rotatable bonds is 3. The van der Waals surface area contributed by atoms with Crippen LogP contribution in [0.2, 0.25) is 0 Å². The summed E-state index contributed by atoms with van der Waals surface area (Å²) >= 11 is 0. The molecule has 98 valence electrons. The molecular weight excluding hydrogens is 230 g/mol. The molecule has 1 amide bonds. The molecule has 1 aromatic heterocycles. The zero-order chi connectivity index (χ0) is 12.8. The smallest absolute Gasteiger partial charge is 0.257 e. The molecule has 1 saturated heterocycles. The molecule has 1 aliphatic heterocycles. The van der Waals surface area contributed by atoms with Crippen molar-refractivity contribution in [3.05, 3.63) is 24.0 Å². The summed E-state index contributed by atoms with van der Waals surface area (Å²) in [5.41, 5.74) is 1.49. The second-order valence-electron chi connectivity index (χ2n) is 4.21. The molecule has 0 aromatic carbocycles. The van der Waals surface area contributed by atoms with Gasteiger partial charge in [0.25, 0.3) is 5.91 Å². The quantitative estimate of drug-likeness (QED) is 0.879. The molecule has 2 rings (SSSR count). The first-order valence-corrected chi connectivity index (χ1v) is 6.38. The van der Waals surface area contributed by atoms with Gasteiger partial charge in [-0.25, -0.2) is 0 Å². The molecule has 5 nitrogen and oxygen atoms in total. The Balaban J connectivity index is 2.16. The van der Waals surface area contributed by atoms with Crippen molar-refractivity contribution < 1.29 is 9.53 Å². The number of ether oxygens (including phenoxy) is 1. The summed E-state index contributed by atoms with van der Waals surface area (Å²) < 4.78 is 5.36. The van der Waals surface area contributed by atoms with Gasteiger partial charge in [-0.1, -0.05) is 0 Å². The lowest BCUT2D eigenvalue weighted by Crippen LogP contribution is -2.33. The molecule has 0 radical (unpaired) electrons. The van der Waals surface area contributed by atoms with E-state index in [1.54, 1.807) is 12.4 Å². The normalized spacial score (nSPS) is 16.2. The average Bonchev–Trinajstić information content (AvgIpc) is 2.68. The Labute approximate surface area is 107 Å². The Kier molecular flexibility index (Phi) is 4.52. The van der Waals surface area contributed by atoms with Gasteiger partial charge in [-0.2, -0.15) is 0 Å². The van der Waals surface area contributed by atoms with E-state index in [0.717, 1.165) is 31.8 Å². The summed E-state index contributed by atoms with van der Waals surface area (Å²) in [5.74, 6) is 0.0320. The minimum Gasteiger partial charge on any atom is -0.385 e. The van der Waals surface area contributed by atoms with Crippen molar-refractivity contribution in [1.29, 1.82) is 0 Å². The maximum atomic E-state index is 12.4. The zero-order valence-corrected chi connectivity index (χ0v) is 10.7. The van der Waals surface area contributed by atoms with Gasteiger partial charge in [0.1, 0.15) is 0 Å². The van der Waals surface area contributed by atoms with Crippen LogP contribution in [0.1, 0.15) is 23.7 Å². The lowest BCUT2D eigenvalue weighted by molar-refractivity contribution is 0.0742.